The van der Waals surface area contributed by atoms with Gasteiger partial charge in [0, 0.05) is 6.61 Å². The van der Waals surface area contributed by atoms with E-state index in [4.69, 9.17) is 20.1 Å². The fraction of sp³-hybridized carbons (Fsp3) is 0.333. The van der Waals surface area contributed by atoms with Crippen LogP contribution in [0.15, 0.2) is 55.7 Å². The quantitative estimate of drug-likeness (QED) is 0.633. The van der Waals surface area contributed by atoms with Crippen LogP contribution >= 0.6 is 0 Å². The molecule has 126 valence electrons. The Morgan fingerprint density at radius 2 is 2.04 bits per heavy atom. The van der Waals surface area contributed by atoms with Gasteiger partial charge in [0.2, 0.25) is 0 Å². The van der Waals surface area contributed by atoms with Gasteiger partial charge < -0.3 is 25.2 Å². The zero-order chi connectivity index (χ0) is 17.2. The highest BCUT2D eigenvalue weighted by Gasteiger charge is 2.30. The van der Waals surface area contributed by atoms with Crippen LogP contribution in [0.1, 0.15) is 12.0 Å². The zero-order valence-electron chi connectivity index (χ0n) is 13.0. The lowest BCUT2D eigenvalue weighted by molar-refractivity contribution is -0.147. The molecule has 3 atom stereocenters. The third-order valence-electron chi connectivity index (χ3n) is 3.40. The van der Waals surface area contributed by atoms with E-state index < -0.39 is 18.3 Å². The van der Waals surface area contributed by atoms with Gasteiger partial charge >= 0.3 is 0 Å². The first-order valence-electron chi connectivity index (χ1n) is 7.36. The van der Waals surface area contributed by atoms with Crippen LogP contribution < -0.4 is 0 Å². The van der Waals surface area contributed by atoms with Crippen LogP contribution in [-0.4, -0.2) is 52.0 Å². The van der Waals surface area contributed by atoms with Crippen LogP contribution in [0.2, 0.25) is 0 Å². The van der Waals surface area contributed by atoms with Crippen molar-refractivity contribution >= 4 is 5.57 Å². The molecule has 1 saturated heterocycles. The Kier molecular flexibility index (Phi) is 8.29. The zero-order valence-corrected chi connectivity index (χ0v) is 13.0. The number of hydrogen-bond donors (Lipinski definition) is 4. The molecule has 4 N–H and O–H groups in total. The maximum atomic E-state index is 9.24. The molecule has 1 aliphatic heterocycles. The standard InChI is InChI=1S/C12H12O.C6H12O4/c1-3-6-10(4-2)11-7-5-8-12(13)9-11;7-3-5-6(9)4(8)1-2-10-5/h3-9,13H,1-2H2;4-9H,1-3H2/b10-6+;. The van der Waals surface area contributed by atoms with Gasteiger partial charge in [-0.1, -0.05) is 43.5 Å². The number of phenols is 1. The summed E-state index contributed by atoms with van der Waals surface area (Å²) in [6, 6.07) is 7.04. The predicted octanol–water partition coefficient (Wildman–Crippen LogP) is 1.64. The number of hydrogen-bond acceptors (Lipinski definition) is 5. The van der Waals surface area contributed by atoms with E-state index in [0.29, 0.717) is 13.0 Å². The number of aliphatic hydroxyl groups is 3. The number of rotatable bonds is 4. The molecule has 2 rings (SSSR count). The van der Waals surface area contributed by atoms with Crippen molar-refractivity contribution < 1.29 is 25.2 Å². The summed E-state index contributed by atoms with van der Waals surface area (Å²) >= 11 is 0. The monoisotopic (exact) mass is 320 g/mol. The Balaban J connectivity index is 0.000000238. The summed E-state index contributed by atoms with van der Waals surface area (Å²) in [5.74, 6) is 0.259. The van der Waals surface area contributed by atoms with Crippen LogP contribution in [-0.2, 0) is 4.74 Å². The van der Waals surface area contributed by atoms with Gasteiger partial charge in [-0.15, -0.1) is 0 Å². The fourth-order valence-corrected chi connectivity index (χ4v) is 2.11. The fourth-order valence-electron chi connectivity index (χ4n) is 2.11. The minimum atomic E-state index is -0.932. The Morgan fingerprint density at radius 3 is 2.57 bits per heavy atom. The second-order valence-electron chi connectivity index (χ2n) is 5.05. The molecule has 1 aliphatic rings. The molecular weight excluding hydrogens is 296 g/mol. The summed E-state index contributed by atoms with van der Waals surface area (Å²) in [7, 11) is 0. The Morgan fingerprint density at radius 1 is 1.30 bits per heavy atom. The number of ether oxygens (including phenoxy) is 1. The topological polar surface area (TPSA) is 90.2 Å². The minimum Gasteiger partial charge on any atom is -0.508 e. The molecule has 5 nitrogen and oxygen atoms in total. The van der Waals surface area contributed by atoms with Crippen LogP contribution in [0.5, 0.6) is 5.75 Å². The summed E-state index contributed by atoms with van der Waals surface area (Å²) in [5.41, 5.74) is 1.89. The average Bonchev–Trinajstić information content (AvgIpc) is 2.56. The summed E-state index contributed by atoms with van der Waals surface area (Å²) in [4.78, 5) is 0. The summed E-state index contributed by atoms with van der Waals surface area (Å²) < 4.78 is 4.95. The molecule has 1 heterocycles. The summed E-state index contributed by atoms with van der Waals surface area (Å²) in [6.45, 7) is 7.47. The molecule has 0 aromatic heterocycles. The van der Waals surface area contributed by atoms with Crippen LogP contribution in [0.4, 0.5) is 0 Å². The van der Waals surface area contributed by atoms with Crippen molar-refractivity contribution in [2.75, 3.05) is 13.2 Å². The van der Waals surface area contributed by atoms with Crippen LogP contribution in [0.25, 0.3) is 5.57 Å². The van der Waals surface area contributed by atoms with Crippen molar-refractivity contribution in [3.8, 4) is 5.75 Å². The second kappa shape index (κ2) is 9.97. The van der Waals surface area contributed by atoms with E-state index in [1.54, 1.807) is 30.4 Å². The maximum Gasteiger partial charge on any atom is 0.116 e. The van der Waals surface area contributed by atoms with Crippen molar-refractivity contribution in [3.63, 3.8) is 0 Å². The highest BCUT2D eigenvalue weighted by Crippen LogP contribution is 2.19. The van der Waals surface area contributed by atoms with E-state index in [2.05, 4.69) is 13.2 Å². The second-order valence-corrected chi connectivity index (χ2v) is 5.05. The largest absolute Gasteiger partial charge is 0.508 e. The first-order chi connectivity index (χ1) is 11.0. The predicted molar refractivity (Wildman–Crippen MR) is 89.9 cm³/mol. The van der Waals surface area contributed by atoms with E-state index in [0.717, 1.165) is 11.1 Å². The van der Waals surface area contributed by atoms with E-state index in [1.165, 1.54) is 0 Å². The van der Waals surface area contributed by atoms with Gasteiger partial charge in [0.25, 0.3) is 0 Å². The van der Waals surface area contributed by atoms with Crippen molar-refractivity contribution in [2.45, 2.75) is 24.7 Å². The van der Waals surface area contributed by atoms with Gasteiger partial charge in [-0.2, -0.15) is 0 Å². The first-order valence-corrected chi connectivity index (χ1v) is 7.36. The van der Waals surface area contributed by atoms with Crippen molar-refractivity contribution in [3.05, 3.63) is 61.2 Å². The third kappa shape index (κ3) is 6.00. The van der Waals surface area contributed by atoms with Gasteiger partial charge in [0.15, 0.2) is 0 Å². The number of allylic oxidation sites excluding steroid dienone is 4. The molecule has 0 aliphatic carbocycles. The van der Waals surface area contributed by atoms with E-state index in [-0.39, 0.29) is 12.4 Å². The van der Waals surface area contributed by atoms with Gasteiger partial charge in [-0.3, -0.25) is 0 Å². The highest BCUT2D eigenvalue weighted by molar-refractivity contribution is 5.75. The number of benzene rings is 1. The lowest BCUT2D eigenvalue weighted by Gasteiger charge is -2.30. The molecule has 1 fully saturated rings. The van der Waals surface area contributed by atoms with Gasteiger partial charge in [-0.05, 0) is 29.7 Å². The Labute approximate surface area is 136 Å². The first kappa shape index (κ1) is 19.1. The maximum absolute atomic E-state index is 9.24. The molecule has 1 aromatic carbocycles. The number of phenolic OH excluding ortho intramolecular Hbond substituents is 1. The van der Waals surface area contributed by atoms with Gasteiger partial charge in [0.05, 0.1) is 12.7 Å². The molecule has 0 radical (unpaired) electrons. The number of aliphatic hydroxyl groups excluding tert-OH is 3. The normalized spacial score (nSPS) is 24.3. The molecular formula is C18H24O5. The van der Waals surface area contributed by atoms with E-state index in [1.807, 2.05) is 12.1 Å². The molecule has 5 heteroatoms. The molecule has 3 unspecified atom stereocenters. The summed E-state index contributed by atoms with van der Waals surface area (Å²) in [5, 5.41) is 36.0. The average molecular weight is 320 g/mol. The van der Waals surface area contributed by atoms with Crippen LogP contribution in [0, 0.1) is 0 Å². The van der Waals surface area contributed by atoms with Crippen molar-refractivity contribution in [1.82, 2.24) is 0 Å². The van der Waals surface area contributed by atoms with Crippen molar-refractivity contribution in [2.24, 2.45) is 0 Å². The highest BCUT2D eigenvalue weighted by atomic mass is 16.5. The van der Waals surface area contributed by atoms with Crippen LogP contribution in [0.3, 0.4) is 0 Å². The molecule has 0 saturated carbocycles. The molecule has 0 amide bonds. The molecule has 0 spiro atoms. The lowest BCUT2D eigenvalue weighted by atomic mass is 10.0. The molecule has 23 heavy (non-hydrogen) atoms. The minimum absolute atomic E-state index is 0.238. The van der Waals surface area contributed by atoms with Gasteiger partial charge in [-0.25, -0.2) is 0 Å². The third-order valence-corrected chi connectivity index (χ3v) is 3.40. The molecule has 0 bridgehead atoms. The summed E-state index contributed by atoms with van der Waals surface area (Å²) in [6.07, 6.45) is 3.44. The SMILES string of the molecule is C=C/C=C(\C=C)c1cccc(O)c1.OCC1OCCC(O)C1O. The Bertz CT molecular complexity index is 538. The van der Waals surface area contributed by atoms with Crippen molar-refractivity contribution in [1.29, 1.82) is 0 Å². The van der Waals surface area contributed by atoms with E-state index >= 15 is 0 Å². The van der Waals surface area contributed by atoms with Gasteiger partial charge in [0.1, 0.15) is 18.0 Å². The smallest absolute Gasteiger partial charge is 0.116 e. The number of aromatic hydroxyl groups is 1. The Hall–Kier alpha value is -1.92. The molecule has 1 aromatic rings. The van der Waals surface area contributed by atoms with E-state index in [9.17, 15) is 5.11 Å². The lowest BCUT2D eigenvalue weighted by Crippen LogP contribution is -2.46.